The van der Waals surface area contributed by atoms with E-state index in [0.717, 1.165) is 16.9 Å². The molecule has 2 aromatic carbocycles. The molecule has 0 atom stereocenters. The number of rotatable bonds is 3. The molecule has 2 aromatic rings. The topological polar surface area (TPSA) is 32.3 Å². The summed E-state index contributed by atoms with van der Waals surface area (Å²) >= 11 is 1.71. The molecular weight excluding hydrogens is 314 g/mol. The van der Waals surface area contributed by atoms with Crippen LogP contribution >= 0.6 is 11.8 Å². The van der Waals surface area contributed by atoms with Gasteiger partial charge in [-0.2, -0.15) is 0 Å². The number of thioether (sulfide) groups is 1. The van der Waals surface area contributed by atoms with Crippen LogP contribution in [-0.4, -0.2) is 11.4 Å². The van der Waals surface area contributed by atoms with Crippen LogP contribution < -0.4 is 5.32 Å². The fourth-order valence-electron chi connectivity index (χ4n) is 2.59. The van der Waals surface area contributed by atoms with Crippen LogP contribution in [0.3, 0.4) is 0 Å². The van der Waals surface area contributed by atoms with Crippen LogP contribution in [0.5, 0.6) is 5.75 Å². The smallest absolute Gasteiger partial charge is 0.142 e. The lowest BCUT2D eigenvalue weighted by molar-refractivity contribution is 0.447. The van der Waals surface area contributed by atoms with Crippen molar-refractivity contribution in [1.29, 1.82) is 0 Å². The first kappa shape index (κ1) is 18.7. The van der Waals surface area contributed by atoms with Gasteiger partial charge < -0.3 is 10.4 Å². The molecule has 0 fully saturated rings. The van der Waals surface area contributed by atoms with Crippen molar-refractivity contribution >= 4 is 23.1 Å². The molecule has 130 valence electrons. The van der Waals surface area contributed by atoms with E-state index >= 15 is 0 Å². The van der Waals surface area contributed by atoms with Gasteiger partial charge in [0, 0.05) is 16.1 Å². The molecule has 0 bridgehead atoms. The molecule has 0 heterocycles. The highest BCUT2D eigenvalue weighted by atomic mass is 32.2. The minimum atomic E-state index is -0.122. The predicted molar refractivity (Wildman–Crippen MR) is 107 cm³/mol. The molecule has 2 rings (SSSR count). The second kappa shape index (κ2) is 6.72. The summed E-state index contributed by atoms with van der Waals surface area (Å²) in [5, 5.41) is 14.2. The molecule has 0 saturated heterocycles. The lowest BCUT2D eigenvalue weighted by Crippen LogP contribution is -2.17. The Morgan fingerprint density at radius 3 is 2.12 bits per heavy atom. The van der Waals surface area contributed by atoms with Crippen LogP contribution in [0.4, 0.5) is 11.4 Å². The second-order valence-electron chi connectivity index (χ2n) is 8.28. The summed E-state index contributed by atoms with van der Waals surface area (Å²) in [6.45, 7) is 13.0. The number of hydrogen-bond acceptors (Lipinski definition) is 3. The molecule has 0 radical (unpaired) electrons. The highest BCUT2D eigenvalue weighted by Crippen LogP contribution is 2.41. The summed E-state index contributed by atoms with van der Waals surface area (Å²) < 4.78 is 0. The highest BCUT2D eigenvalue weighted by molar-refractivity contribution is 7.98. The van der Waals surface area contributed by atoms with E-state index in [4.69, 9.17) is 0 Å². The third-order valence-electron chi connectivity index (χ3n) is 4.13. The zero-order chi connectivity index (χ0) is 18.1. The fourth-order valence-corrected chi connectivity index (χ4v) is 3.05. The zero-order valence-electron chi connectivity index (χ0n) is 15.8. The van der Waals surface area contributed by atoms with E-state index in [2.05, 4.69) is 77.4 Å². The van der Waals surface area contributed by atoms with Gasteiger partial charge in [0.15, 0.2) is 0 Å². The Morgan fingerprint density at radius 2 is 1.58 bits per heavy atom. The molecule has 2 nitrogen and oxygen atoms in total. The van der Waals surface area contributed by atoms with Crippen molar-refractivity contribution in [3.63, 3.8) is 0 Å². The van der Waals surface area contributed by atoms with Crippen molar-refractivity contribution in [1.82, 2.24) is 0 Å². The first-order chi connectivity index (χ1) is 11.0. The number of anilines is 2. The van der Waals surface area contributed by atoms with Crippen LogP contribution in [0.15, 0.2) is 41.3 Å². The standard InChI is InChI=1S/C21H29NOS/c1-20(2,3)14-11-17(21(4,5)6)19(23)18(12-14)22-15-9-8-10-16(13-15)24-7/h8-13,22-23H,1-7H3. The molecule has 0 aromatic heterocycles. The average molecular weight is 344 g/mol. The molecule has 3 heteroatoms. The van der Waals surface area contributed by atoms with Crippen LogP contribution in [0, 0.1) is 0 Å². The van der Waals surface area contributed by atoms with E-state index < -0.39 is 0 Å². The van der Waals surface area contributed by atoms with Crippen molar-refractivity contribution in [3.8, 4) is 5.75 Å². The summed E-state index contributed by atoms with van der Waals surface area (Å²) in [7, 11) is 0. The molecule has 0 unspecified atom stereocenters. The number of phenolic OH excluding ortho intramolecular Hbond substituents is 1. The number of phenols is 1. The van der Waals surface area contributed by atoms with Crippen molar-refractivity contribution in [2.75, 3.05) is 11.6 Å². The molecule has 0 aliphatic carbocycles. The Labute approximate surface area is 150 Å². The Bertz CT molecular complexity index is 724. The summed E-state index contributed by atoms with van der Waals surface area (Å²) in [6.07, 6.45) is 2.06. The minimum absolute atomic E-state index is 0.0191. The second-order valence-corrected chi connectivity index (χ2v) is 9.16. The van der Waals surface area contributed by atoms with Gasteiger partial charge in [0.2, 0.25) is 0 Å². The van der Waals surface area contributed by atoms with E-state index in [1.807, 2.05) is 12.1 Å². The van der Waals surface area contributed by atoms with Crippen molar-refractivity contribution in [3.05, 3.63) is 47.5 Å². The molecule has 24 heavy (non-hydrogen) atoms. The largest absolute Gasteiger partial charge is 0.505 e. The Hall–Kier alpha value is -1.61. The number of hydrogen-bond donors (Lipinski definition) is 2. The normalized spacial score (nSPS) is 12.3. The summed E-state index contributed by atoms with van der Waals surface area (Å²) in [5.74, 6) is 0.338. The Balaban J connectivity index is 2.55. The first-order valence-corrected chi connectivity index (χ1v) is 9.54. The van der Waals surface area contributed by atoms with Gasteiger partial charge in [0.25, 0.3) is 0 Å². The number of benzene rings is 2. The summed E-state index contributed by atoms with van der Waals surface area (Å²) in [5.41, 5.74) is 3.84. The van der Waals surface area contributed by atoms with Gasteiger partial charge in [0.1, 0.15) is 5.75 Å². The van der Waals surface area contributed by atoms with Gasteiger partial charge in [-0.1, -0.05) is 53.7 Å². The van der Waals surface area contributed by atoms with Crippen molar-refractivity contribution in [2.45, 2.75) is 57.3 Å². The molecule has 0 aliphatic heterocycles. The van der Waals surface area contributed by atoms with Crippen LogP contribution in [0.1, 0.15) is 52.7 Å². The van der Waals surface area contributed by atoms with Gasteiger partial charge in [-0.15, -0.1) is 11.8 Å². The van der Waals surface area contributed by atoms with Gasteiger partial charge in [-0.3, -0.25) is 0 Å². The third-order valence-corrected chi connectivity index (χ3v) is 4.86. The number of nitrogens with one attached hydrogen (secondary N) is 1. The Morgan fingerprint density at radius 1 is 0.917 bits per heavy atom. The molecule has 0 spiro atoms. The van der Waals surface area contributed by atoms with Crippen molar-refractivity contribution < 1.29 is 5.11 Å². The molecule has 0 saturated carbocycles. The molecule has 2 N–H and O–H groups in total. The Kier molecular flexibility index (Phi) is 5.24. The van der Waals surface area contributed by atoms with Gasteiger partial charge in [0.05, 0.1) is 5.69 Å². The van der Waals surface area contributed by atoms with E-state index in [0.29, 0.717) is 5.75 Å². The number of aromatic hydroxyl groups is 1. The van der Waals surface area contributed by atoms with Gasteiger partial charge in [-0.25, -0.2) is 0 Å². The molecular formula is C21H29NOS. The maximum Gasteiger partial charge on any atom is 0.142 e. The predicted octanol–water partition coefficient (Wildman–Crippen LogP) is 6.45. The van der Waals surface area contributed by atoms with E-state index in [1.54, 1.807) is 11.8 Å². The van der Waals surface area contributed by atoms with E-state index in [1.165, 1.54) is 10.5 Å². The SMILES string of the molecule is CSc1cccc(Nc2cc(C(C)(C)C)cc(C(C)(C)C)c2O)c1. The third kappa shape index (κ3) is 4.27. The zero-order valence-corrected chi connectivity index (χ0v) is 16.6. The lowest BCUT2D eigenvalue weighted by atomic mass is 9.79. The maximum atomic E-state index is 10.8. The lowest BCUT2D eigenvalue weighted by Gasteiger charge is -2.27. The van der Waals surface area contributed by atoms with Crippen LogP contribution in [0.25, 0.3) is 0 Å². The summed E-state index contributed by atoms with van der Waals surface area (Å²) in [6, 6.07) is 12.4. The van der Waals surface area contributed by atoms with Gasteiger partial charge in [-0.05, 0) is 46.9 Å². The monoisotopic (exact) mass is 343 g/mol. The first-order valence-electron chi connectivity index (χ1n) is 8.31. The van der Waals surface area contributed by atoms with E-state index in [-0.39, 0.29) is 10.8 Å². The van der Waals surface area contributed by atoms with E-state index in [9.17, 15) is 5.11 Å². The maximum absolute atomic E-state index is 10.8. The minimum Gasteiger partial charge on any atom is -0.505 e. The fraction of sp³-hybridized carbons (Fsp3) is 0.429. The van der Waals surface area contributed by atoms with Crippen LogP contribution in [0.2, 0.25) is 0 Å². The molecule has 0 aliphatic rings. The summed E-state index contributed by atoms with van der Waals surface area (Å²) in [4.78, 5) is 1.20. The average Bonchev–Trinajstić information content (AvgIpc) is 2.47. The van der Waals surface area contributed by atoms with Crippen LogP contribution in [-0.2, 0) is 10.8 Å². The van der Waals surface area contributed by atoms with Crippen molar-refractivity contribution in [2.24, 2.45) is 0 Å². The highest BCUT2D eigenvalue weighted by Gasteiger charge is 2.25. The quantitative estimate of drug-likeness (QED) is 0.496. The van der Waals surface area contributed by atoms with Gasteiger partial charge >= 0.3 is 0 Å². The molecule has 0 amide bonds.